The van der Waals surface area contributed by atoms with Crippen molar-refractivity contribution < 1.29 is 14.7 Å². The Morgan fingerprint density at radius 1 is 1.17 bits per heavy atom. The zero-order valence-electron chi connectivity index (χ0n) is 13.9. The average Bonchev–Trinajstić information content (AvgIpc) is 2.55. The van der Waals surface area contributed by atoms with Crippen LogP contribution in [0.3, 0.4) is 0 Å². The number of allylic oxidation sites excluding steroid dienone is 2. The zero-order chi connectivity index (χ0) is 17.4. The first-order valence-corrected chi connectivity index (χ1v) is 8.20. The smallest absolute Gasteiger partial charge is 0.315 e. The molecule has 0 heterocycles. The van der Waals surface area contributed by atoms with Gasteiger partial charge in [-0.2, -0.15) is 0 Å². The highest BCUT2D eigenvalue weighted by molar-refractivity contribution is 5.80. The van der Waals surface area contributed by atoms with E-state index in [-0.39, 0.29) is 6.03 Å². The summed E-state index contributed by atoms with van der Waals surface area (Å²) < 4.78 is 0. The summed E-state index contributed by atoms with van der Waals surface area (Å²) in [6.45, 7) is 2.27. The van der Waals surface area contributed by atoms with Crippen molar-refractivity contribution in [2.45, 2.75) is 31.7 Å². The van der Waals surface area contributed by atoms with Crippen molar-refractivity contribution in [2.75, 3.05) is 6.54 Å². The number of carboxylic acid groups (broad SMARTS) is 1. The monoisotopic (exact) mass is 328 g/mol. The van der Waals surface area contributed by atoms with Crippen molar-refractivity contribution in [3.05, 3.63) is 60.2 Å². The number of hydrogen-bond acceptors (Lipinski definition) is 2. The van der Waals surface area contributed by atoms with Gasteiger partial charge in [0.15, 0.2) is 0 Å². The number of benzene rings is 1. The maximum absolute atomic E-state index is 12.0. The third-order valence-corrected chi connectivity index (χ3v) is 4.17. The van der Waals surface area contributed by atoms with E-state index in [1.54, 1.807) is 31.2 Å². The summed E-state index contributed by atoms with van der Waals surface area (Å²) in [7, 11) is 0. The molecule has 0 fully saturated rings. The normalized spacial score (nSPS) is 22.1. The van der Waals surface area contributed by atoms with Gasteiger partial charge >= 0.3 is 12.0 Å². The van der Waals surface area contributed by atoms with E-state index in [0.717, 1.165) is 19.3 Å². The number of hydrogen-bond donors (Lipinski definition) is 3. The molecule has 5 heteroatoms. The average molecular weight is 328 g/mol. The highest BCUT2D eigenvalue weighted by atomic mass is 16.4. The Morgan fingerprint density at radius 2 is 1.92 bits per heavy atom. The molecular weight excluding hydrogens is 304 g/mol. The molecule has 0 bridgehead atoms. The van der Waals surface area contributed by atoms with Gasteiger partial charge in [-0.1, -0.05) is 54.6 Å². The van der Waals surface area contributed by atoms with E-state index in [2.05, 4.69) is 22.8 Å². The fourth-order valence-electron chi connectivity index (χ4n) is 2.78. The fraction of sp³-hybridized carbons (Fsp3) is 0.368. The van der Waals surface area contributed by atoms with Gasteiger partial charge in [-0.15, -0.1) is 0 Å². The molecule has 2 amide bonds. The van der Waals surface area contributed by atoms with E-state index in [4.69, 9.17) is 0 Å². The highest BCUT2D eigenvalue weighted by Gasteiger charge is 2.37. The summed E-state index contributed by atoms with van der Waals surface area (Å²) in [6.07, 6.45) is 9.57. The third-order valence-electron chi connectivity index (χ3n) is 4.17. The van der Waals surface area contributed by atoms with Crippen molar-refractivity contribution in [3.8, 4) is 0 Å². The van der Waals surface area contributed by atoms with Crippen LogP contribution in [-0.2, 0) is 11.2 Å². The van der Waals surface area contributed by atoms with Gasteiger partial charge in [-0.3, -0.25) is 4.79 Å². The van der Waals surface area contributed by atoms with Gasteiger partial charge < -0.3 is 15.7 Å². The fourth-order valence-corrected chi connectivity index (χ4v) is 2.78. The van der Waals surface area contributed by atoms with Crippen molar-refractivity contribution in [1.82, 2.24) is 10.6 Å². The lowest BCUT2D eigenvalue weighted by Crippen LogP contribution is -2.55. The molecule has 2 atom stereocenters. The van der Waals surface area contributed by atoms with Crippen LogP contribution in [0.5, 0.6) is 0 Å². The molecular formula is C19H24N2O3. The van der Waals surface area contributed by atoms with Gasteiger partial charge in [0.25, 0.3) is 0 Å². The van der Waals surface area contributed by atoms with Gasteiger partial charge in [0.2, 0.25) is 0 Å². The van der Waals surface area contributed by atoms with E-state index in [1.807, 2.05) is 18.2 Å². The molecule has 3 N–H and O–H groups in total. The van der Waals surface area contributed by atoms with Gasteiger partial charge in [-0.25, -0.2) is 4.79 Å². The molecule has 2 rings (SSSR count). The number of amides is 2. The molecule has 0 saturated carbocycles. The number of nitrogens with one attached hydrogen (secondary N) is 2. The van der Waals surface area contributed by atoms with E-state index < -0.39 is 17.4 Å². The quantitative estimate of drug-likeness (QED) is 0.673. The number of unbranched alkanes of at least 4 members (excludes halogenated alkanes) is 1. The van der Waals surface area contributed by atoms with Crippen molar-refractivity contribution in [1.29, 1.82) is 0 Å². The van der Waals surface area contributed by atoms with Crippen LogP contribution in [0.25, 0.3) is 0 Å². The number of aliphatic carboxylic acids is 1. The number of carbonyl (C=O) groups excluding carboxylic acids is 1. The second-order valence-corrected chi connectivity index (χ2v) is 6.17. The summed E-state index contributed by atoms with van der Waals surface area (Å²) >= 11 is 0. The minimum absolute atomic E-state index is 0.344. The van der Waals surface area contributed by atoms with Crippen LogP contribution in [-0.4, -0.2) is 29.2 Å². The number of aryl methyl sites for hydroxylation is 1. The predicted molar refractivity (Wildman–Crippen MR) is 93.7 cm³/mol. The lowest BCUT2D eigenvalue weighted by atomic mass is 9.82. The van der Waals surface area contributed by atoms with Crippen LogP contribution in [0.2, 0.25) is 0 Å². The Balaban J connectivity index is 1.72. The SMILES string of the molecule is CC1(NC(=O)NCCCCc2ccccc2)C=CC=CC1C(=O)O. The Hall–Kier alpha value is -2.56. The first kappa shape index (κ1) is 17.8. The third kappa shape index (κ3) is 4.98. The zero-order valence-corrected chi connectivity index (χ0v) is 13.9. The summed E-state index contributed by atoms with van der Waals surface area (Å²) in [5, 5.41) is 14.9. The standard InChI is InChI=1S/C19H24N2O3/c1-19(13-7-5-12-16(19)17(22)23)21-18(24)20-14-8-6-11-15-9-3-2-4-10-15/h2-5,7,9-10,12-13,16H,6,8,11,14H2,1H3,(H,22,23)(H2,20,21,24). The number of rotatable bonds is 7. The molecule has 128 valence electrons. The first-order chi connectivity index (χ1) is 11.5. The Morgan fingerprint density at radius 3 is 2.62 bits per heavy atom. The van der Waals surface area contributed by atoms with E-state index in [0.29, 0.717) is 6.54 Å². The minimum atomic E-state index is -0.957. The molecule has 0 saturated heterocycles. The predicted octanol–water partition coefficient (Wildman–Crippen LogP) is 2.89. The molecule has 2 unspecified atom stereocenters. The van der Waals surface area contributed by atoms with Crippen LogP contribution < -0.4 is 10.6 Å². The maximum atomic E-state index is 12.0. The van der Waals surface area contributed by atoms with Crippen LogP contribution in [0.4, 0.5) is 4.79 Å². The minimum Gasteiger partial charge on any atom is -0.481 e. The van der Waals surface area contributed by atoms with Crippen LogP contribution in [0.15, 0.2) is 54.6 Å². The molecule has 1 aromatic carbocycles. The number of carboxylic acids is 1. The molecule has 0 aromatic heterocycles. The molecule has 0 spiro atoms. The summed E-state index contributed by atoms with van der Waals surface area (Å²) in [4.78, 5) is 23.4. The Bertz CT molecular complexity index is 625. The van der Waals surface area contributed by atoms with Crippen LogP contribution in [0.1, 0.15) is 25.3 Å². The topological polar surface area (TPSA) is 78.4 Å². The lowest BCUT2D eigenvalue weighted by Gasteiger charge is -2.33. The van der Waals surface area contributed by atoms with Gasteiger partial charge in [-0.05, 0) is 31.7 Å². The van der Waals surface area contributed by atoms with Crippen molar-refractivity contribution in [2.24, 2.45) is 5.92 Å². The van der Waals surface area contributed by atoms with Gasteiger partial charge in [0.05, 0.1) is 5.54 Å². The first-order valence-electron chi connectivity index (χ1n) is 8.20. The molecule has 1 aliphatic carbocycles. The summed E-state index contributed by atoms with van der Waals surface area (Å²) in [5.41, 5.74) is 0.368. The molecule has 1 aliphatic rings. The maximum Gasteiger partial charge on any atom is 0.315 e. The van der Waals surface area contributed by atoms with E-state index in [1.165, 1.54) is 5.56 Å². The Labute approximate surface area is 142 Å². The Kier molecular flexibility index (Phi) is 6.18. The van der Waals surface area contributed by atoms with Crippen LogP contribution in [0, 0.1) is 5.92 Å². The second-order valence-electron chi connectivity index (χ2n) is 6.17. The molecule has 0 aliphatic heterocycles. The second kappa shape index (κ2) is 8.34. The lowest BCUT2D eigenvalue weighted by molar-refractivity contribution is -0.141. The van der Waals surface area contributed by atoms with E-state index >= 15 is 0 Å². The largest absolute Gasteiger partial charge is 0.481 e. The molecule has 24 heavy (non-hydrogen) atoms. The van der Waals surface area contributed by atoms with Gasteiger partial charge in [0, 0.05) is 6.54 Å². The van der Waals surface area contributed by atoms with Crippen LogP contribution >= 0.6 is 0 Å². The molecule has 5 nitrogen and oxygen atoms in total. The van der Waals surface area contributed by atoms with Gasteiger partial charge in [0.1, 0.15) is 5.92 Å². The van der Waals surface area contributed by atoms with Crippen molar-refractivity contribution >= 4 is 12.0 Å². The molecule has 0 radical (unpaired) electrons. The summed E-state index contributed by atoms with van der Waals surface area (Å²) in [6, 6.07) is 9.88. The number of urea groups is 1. The summed E-state index contributed by atoms with van der Waals surface area (Å²) in [5.74, 6) is -1.73. The number of carbonyl (C=O) groups is 2. The van der Waals surface area contributed by atoms with E-state index in [9.17, 15) is 14.7 Å². The highest BCUT2D eigenvalue weighted by Crippen LogP contribution is 2.24. The van der Waals surface area contributed by atoms with Crippen molar-refractivity contribution in [3.63, 3.8) is 0 Å². The molecule has 1 aromatic rings.